The van der Waals surface area contributed by atoms with E-state index in [4.69, 9.17) is 4.74 Å². The minimum absolute atomic E-state index is 0.390. The molecule has 0 amide bonds. The molecular weight excluding hydrogens is 276 g/mol. The number of aryl methyl sites for hydroxylation is 2. The van der Waals surface area contributed by atoms with E-state index in [2.05, 4.69) is 38.3 Å². The van der Waals surface area contributed by atoms with Crippen LogP contribution in [0, 0.1) is 0 Å². The highest BCUT2D eigenvalue weighted by molar-refractivity contribution is 5.40. The maximum atomic E-state index is 5.36. The third-order valence-corrected chi connectivity index (χ3v) is 4.87. The van der Waals surface area contributed by atoms with Gasteiger partial charge in [0, 0.05) is 19.0 Å². The van der Waals surface area contributed by atoms with Crippen LogP contribution >= 0.6 is 0 Å². The summed E-state index contributed by atoms with van der Waals surface area (Å²) in [4.78, 5) is 0. The summed E-state index contributed by atoms with van der Waals surface area (Å²) in [6, 6.07) is 6.80. The van der Waals surface area contributed by atoms with Crippen molar-refractivity contribution in [2.24, 2.45) is 0 Å². The highest BCUT2D eigenvalue weighted by Crippen LogP contribution is 2.33. The van der Waals surface area contributed by atoms with Crippen molar-refractivity contribution in [1.82, 2.24) is 20.1 Å². The molecule has 5 heteroatoms. The average molecular weight is 298 g/mol. The molecule has 1 aliphatic carbocycles. The van der Waals surface area contributed by atoms with Gasteiger partial charge in [0.25, 0.3) is 0 Å². The quantitative estimate of drug-likeness (QED) is 0.941. The Bertz CT molecular complexity index is 679. The largest absolute Gasteiger partial charge is 0.497 e. The molecule has 0 unspecified atom stereocenters. The number of hydrogen-bond donors (Lipinski definition) is 1. The Morgan fingerprint density at radius 2 is 2.23 bits per heavy atom. The summed E-state index contributed by atoms with van der Waals surface area (Å²) < 4.78 is 7.65. The van der Waals surface area contributed by atoms with Gasteiger partial charge in [0.1, 0.15) is 17.4 Å². The third kappa shape index (κ3) is 2.39. The number of rotatable bonds is 4. The van der Waals surface area contributed by atoms with Crippen molar-refractivity contribution < 1.29 is 4.74 Å². The number of fused-ring (bicyclic) bond motifs is 2. The fourth-order valence-corrected chi connectivity index (χ4v) is 3.63. The second-order valence-corrected chi connectivity index (χ2v) is 6.18. The molecule has 0 spiro atoms. The predicted octanol–water partition coefficient (Wildman–Crippen LogP) is 2.40. The second kappa shape index (κ2) is 5.72. The first-order chi connectivity index (χ1) is 10.8. The molecule has 1 aromatic heterocycles. The van der Waals surface area contributed by atoms with E-state index >= 15 is 0 Å². The Labute approximate surface area is 130 Å². The van der Waals surface area contributed by atoms with Gasteiger partial charge in [-0.25, -0.2) is 0 Å². The lowest BCUT2D eigenvalue weighted by Crippen LogP contribution is -2.22. The summed E-state index contributed by atoms with van der Waals surface area (Å²) >= 11 is 0. The minimum Gasteiger partial charge on any atom is -0.497 e. The molecular formula is C17H22N4O. The summed E-state index contributed by atoms with van der Waals surface area (Å²) in [5.41, 5.74) is 2.80. The van der Waals surface area contributed by atoms with Crippen molar-refractivity contribution in [2.45, 2.75) is 51.2 Å². The monoisotopic (exact) mass is 298 g/mol. The van der Waals surface area contributed by atoms with Crippen LogP contribution < -0.4 is 10.1 Å². The lowest BCUT2D eigenvalue weighted by molar-refractivity contribution is 0.413. The molecule has 0 radical (unpaired) electrons. The molecule has 1 aromatic carbocycles. The molecule has 2 aromatic rings. The summed E-state index contributed by atoms with van der Waals surface area (Å²) in [6.07, 6.45) is 5.82. The van der Waals surface area contributed by atoms with Crippen LogP contribution in [0.1, 0.15) is 48.1 Å². The summed E-state index contributed by atoms with van der Waals surface area (Å²) in [5.74, 6) is 3.16. The molecule has 116 valence electrons. The van der Waals surface area contributed by atoms with E-state index < -0.39 is 0 Å². The number of hydrogen-bond acceptors (Lipinski definition) is 4. The van der Waals surface area contributed by atoms with Crippen LogP contribution in [-0.4, -0.2) is 21.9 Å². The molecule has 1 aliphatic heterocycles. The fourth-order valence-electron chi connectivity index (χ4n) is 3.63. The highest BCUT2D eigenvalue weighted by Gasteiger charge is 2.23. The molecule has 1 N–H and O–H groups in total. The van der Waals surface area contributed by atoms with Gasteiger partial charge < -0.3 is 14.6 Å². The van der Waals surface area contributed by atoms with Gasteiger partial charge in [0.2, 0.25) is 0 Å². The fraction of sp³-hybridized carbons (Fsp3) is 0.529. The van der Waals surface area contributed by atoms with Crippen LogP contribution in [0.5, 0.6) is 5.75 Å². The van der Waals surface area contributed by atoms with Crippen LogP contribution in [0.15, 0.2) is 18.2 Å². The summed E-state index contributed by atoms with van der Waals surface area (Å²) in [7, 11) is 1.72. The van der Waals surface area contributed by atoms with Gasteiger partial charge >= 0.3 is 0 Å². The molecule has 5 nitrogen and oxygen atoms in total. The van der Waals surface area contributed by atoms with E-state index in [-0.39, 0.29) is 0 Å². The lowest BCUT2D eigenvalue weighted by atomic mass is 10.1. The number of aromatic nitrogens is 3. The first-order valence-corrected chi connectivity index (χ1v) is 8.16. The van der Waals surface area contributed by atoms with Crippen molar-refractivity contribution >= 4 is 0 Å². The predicted molar refractivity (Wildman–Crippen MR) is 83.9 cm³/mol. The van der Waals surface area contributed by atoms with Gasteiger partial charge in [-0.1, -0.05) is 6.07 Å². The van der Waals surface area contributed by atoms with Crippen molar-refractivity contribution in [3.63, 3.8) is 0 Å². The van der Waals surface area contributed by atoms with Crippen LogP contribution in [0.25, 0.3) is 0 Å². The molecule has 2 heterocycles. The van der Waals surface area contributed by atoms with Crippen molar-refractivity contribution in [1.29, 1.82) is 0 Å². The SMILES string of the molecule is COc1ccc2c(c1)[C@@H](NCc1nnc3n1CCCC3)CC2. The number of benzene rings is 1. The Morgan fingerprint density at radius 1 is 1.27 bits per heavy atom. The van der Waals surface area contributed by atoms with E-state index in [0.717, 1.165) is 49.8 Å². The van der Waals surface area contributed by atoms with E-state index in [1.807, 2.05) is 0 Å². The number of methoxy groups -OCH3 is 1. The van der Waals surface area contributed by atoms with Gasteiger partial charge in [-0.3, -0.25) is 0 Å². The van der Waals surface area contributed by atoms with Crippen LogP contribution in [-0.2, 0) is 25.9 Å². The van der Waals surface area contributed by atoms with Gasteiger partial charge in [-0.15, -0.1) is 10.2 Å². The van der Waals surface area contributed by atoms with Gasteiger partial charge in [-0.05, 0) is 48.9 Å². The van der Waals surface area contributed by atoms with Crippen LogP contribution in [0.2, 0.25) is 0 Å². The maximum absolute atomic E-state index is 5.36. The molecule has 1 atom stereocenters. The Balaban J connectivity index is 1.49. The molecule has 2 aliphatic rings. The standard InChI is InChI=1S/C17H22N4O/c1-22-13-7-5-12-6-8-15(14(12)10-13)18-11-17-20-19-16-4-2-3-9-21(16)17/h5,7,10,15,18H,2-4,6,8-9,11H2,1H3/t15-/m0/s1. The topological polar surface area (TPSA) is 52.0 Å². The Morgan fingerprint density at radius 3 is 3.14 bits per heavy atom. The zero-order chi connectivity index (χ0) is 14.9. The zero-order valence-electron chi connectivity index (χ0n) is 13.0. The smallest absolute Gasteiger partial charge is 0.147 e. The first kappa shape index (κ1) is 13.8. The number of ether oxygens (including phenoxy) is 1. The first-order valence-electron chi connectivity index (χ1n) is 8.16. The lowest BCUT2D eigenvalue weighted by Gasteiger charge is -2.17. The Kier molecular flexibility index (Phi) is 3.58. The number of nitrogens with one attached hydrogen (secondary N) is 1. The average Bonchev–Trinajstić information content (AvgIpc) is 3.16. The van der Waals surface area contributed by atoms with Crippen LogP contribution in [0.4, 0.5) is 0 Å². The zero-order valence-corrected chi connectivity index (χ0v) is 13.0. The van der Waals surface area contributed by atoms with Crippen molar-refractivity contribution in [2.75, 3.05) is 7.11 Å². The molecule has 0 bridgehead atoms. The molecule has 0 saturated carbocycles. The molecule has 0 saturated heterocycles. The summed E-state index contributed by atoms with van der Waals surface area (Å²) in [6.45, 7) is 1.85. The second-order valence-electron chi connectivity index (χ2n) is 6.18. The van der Waals surface area contributed by atoms with E-state index in [1.54, 1.807) is 7.11 Å². The van der Waals surface area contributed by atoms with Crippen molar-refractivity contribution in [3.8, 4) is 5.75 Å². The van der Waals surface area contributed by atoms with E-state index in [1.165, 1.54) is 24.0 Å². The van der Waals surface area contributed by atoms with Gasteiger partial charge in [-0.2, -0.15) is 0 Å². The highest BCUT2D eigenvalue weighted by atomic mass is 16.5. The van der Waals surface area contributed by atoms with Crippen LogP contribution in [0.3, 0.4) is 0 Å². The normalized spacial score (nSPS) is 19.8. The van der Waals surface area contributed by atoms with Crippen molar-refractivity contribution in [3.05, 3.63) is 41.0 Å². The summed E-state index contributed by atoms with van der Waals surface area (Å²) in [5, 5.41) is 12.4. The molecule has 22 heavy (non-hydrogen) atoms. The van der Waals surface area contributed by atoms with Gasteiger partial charge in [0.15, 0.2) is 0 Å². The maximum Gasteiger partial charge on any atom is 0.147 e. The Hall–Kier alpha value is -1.88. The van der Waals surface area contributed by atoms with E-state index in [9.17, 15) is 0 Å². The molecule has 0 fully saturated rings. The third-order valence-electron chi connectivity index (χ3n) is 4.87. The van der Waals surface area contributed by atoms with E-state index in [0.29, 0.717) is 6.04 Å². The minimum atomic E-state index is 0.390. The number of nitrogens with zero attached hydrogens (tertiary/aromatic N) is 3. The van der Waals surface area contributed by atoms with Gasteiger partial charge in [0.05, 0.1) is 13.7 Å². The molecule has 4 rings (SSSR count).